The van der Waals surface area contributed by atoms with Gasteiger partial charge >= 0.3 is 0 Å². The van der Waals surface area contributed by atoms with Gasteiger partial charge in [0.1, 0.15) is 0 Å². The number of likely N-dealkylation sites (tertiary alicyclic amines) is 1. The van der Waals surface area contributed by atoms with Crippen molar-refractivity contribution >= 4 is 23.2 Å². The Morgan fingerprint density at radius 1 is 1.29 bits per heavy atom. The number of hydrogen-bond donors (Lipinski definition) is 2. The second-order valence-corrected chi connectivity index (χ2v) is 5.78. The predicted octanol–water partition coefficient (Wildman–Crippen LogP) is 2.71. The molecule has 0 bridgehead atoms. The van der Waals surface area contributed by atoms with E-state index in [1.54, 1.807) is 0 Å². The number of hydrogen-bond acceptors (Lipinski definition) is 3. The van der Waals surface area contributed by atoms with E-state index >= 15 is 0 Å². The summed E-state index contributed by atoms with van der Waals surface area (Å²) in [4.78, 5) is 14.5. The third-order valence-corrected chi connectivity index (χ3v) is 4.08. The minimum atomic E-state index is -0.586. The molecule has 0 aromatic heterocycles. The van der Waals surface area contributed by atoms with Gasteiger partial charge in [-0.1, -0.05) is 18.9 Å². The number of amides is 1. The average Bonchev–Trinajstić information content (AvgIpc) is 2.81. The Labute approximate surface area is 131 Å². The molecule has 0 radical (unpaired) electrons. The maximum absolute atomic E-state index is 12.5. The number of nitrogens with zero attached hydrogens (tertiary/aromatic N) is 1. The first kappa shape index (κ1) is 16.1. The molecule has 1 aromatic rings. The highest BCUT2D eigenvalue weighted by Gasteiger charge is 2.17. The summed E-state index contributed by atoms with van der Waals surface area (Å²) in [5, 5.41) is 12.6. The first-order valence-corrected chi connectivity index (χ1v) is 8.11. The molecule has 116 valence electrons. The van der Waals surface area contributed by atoms with Gasteiger partial charge in [0.25, 0.3) is 5.91 Å². The van der Waals surface area contributed by atoms with Gasteiger partial charge < -0.3 is 15.3 Å². The number of anilines is 1. The molecule has 1 heterocycles. The molecule has 1 unspecified atom stereocenters. The van der Waals surface area contributed by atoms with Crippen LogP contribution in [0.1, 0.15) is 36.0 Å². The Balaban J connectivity index is 2.00. The summed E-state index contributed by atoms with van der Waals surface area (Å²) in [6.45, 7) is 2.08. The third kappa shape index (κ3) is 4.90. The molecule has 4 nitrogen and oxygen atoms in total. The molecule has 5 heteroatoms. The van der Waals surface area contributed by atoms with E-state index in [9.17, 15) is 9.90 Å². The zero-order chi connectivity index (χ0) is 15.1. The maximum atomic E-state index is 12.5. The SMILES string of the molecule is O=C(c1cccc(NCC(O)CCl)c1)N1CCCCCC1. The van der Waals surface area contributed by atoms with Crippen LogP contribution >= 0.6 is 11.6 Å². The molecule has 1 aliphatic heterocycles. The van der Waals surface area contributed by atoms with Crippen LogP contribution in [-0.4, -0.2) is 47.5 Å². The smallest absolute Gasteiger partial charge is 0.253 e. The zero-order valence-corrected chi connectivity index (χ0v) is 13.0. The molecule has 2 rings (SSSR count). The van der Waals surface area contributed by atoms with Crippen molar-refractivity contribution < 1.29 is 9.90 Å². The lowest BCUT2D eigenvalue weighted by molar-refractivity contribution is 0.0761. The standard InChI is InChI=1S/C16H23ClN2O2/c17-11-15(20)12-18-14-7-5-6-13(10-14)16(21)19-8-3-1-2-4-9-19/h5-7,10,15,18,20H,1-4,8-9,11-12H2. The highest BCUT2D eigenvalue weighted by Crippen LogP contribution is 2.16. The quantitative estimate of drug-likeness (QED) is 0.822. The van der Waals surface area contributed by atoms with Gasteiger partial charge in [-0.15, -0.1) is 11.6 Å². The van der Waals surface area contributed by atoms with Crippen LogP contribution in [-0.2, 0) is 0 Å². The Morgan fingerprint density at radius 3 is 2.67 bits per heavy atom. The van der Waals surface area contributed by atoms with Gasteiger partial charge in [0.15, 0.2) is 0 Å². The summed E-state index contributed by atoms with van der Waals surface area (Å²) in [6, 6.07) is 7.44. The lowest BCUT2D eigenvalue weighted by Gasteiger charge is -2.20. The van der Waals surface area contributed by atoms with Crippen molar-refractivity contribution in [2.45, 2.75) is 31.8 Å². The van der Waals surface area contributed by atoms with Gasteiger partial charge in [-0.3, -0.25) is 4.79 Å². The molecule has 1 atom stereocenters. The first-order chi connectivity index (χ1) is 10.2. The number of alkyl halides is 1. The van der Waals surface area contributed by atoms with Crippen LogP contribution in [0.15, 0.2) is 24.3 Å². The van der Waals surface area contributed by atoms with Crippen molar-refractivity contribution in [1.82, 2.24) is 4.90 Å². The fourth-order valence-electron chi connectivity index (χ4n) is 2.51. The third-order valence-electron chi connectivity index (χ3n) is 3.72. The van der Waals surface area contributed by atoms with E-state index < -0.39 is 6.10 Å². The van der Waals surface area contributed by atoms with Crippen molar-refractivity contribution in [2.24, 2.45) is 0 Å². The molecule has 1 amide bonds. The van der Waals surface area contributed by atoms with Crippen LogP contribution in [0.5, 0.6) is 0 Å². The van der Waals surface area contributed by atoms with Crippen LogP contribution in [0, 0.1) is 0 Å². The van der Waals surface area contributed by atoms with Crippen molar-refractivity contribution in [3.8, 4) is 0 Å². The number of rotatable bonds is 5. The summed E-state index contributed by atoms with van der Waals surface area (Å²) in [7, 11) is 0. The van der Waals surface area contributed by atoms with Crippen molar-refractivity contribution in [3.05, 3.63) is 29.8 Å². The zero-order valence-electron chi connectivity index (χ0n) is 12.2. The van der Waals surface area contributed by atoms with Crippen molar-refractivity contribution in [2.75, 3.05) is 30.8 Å². The fraction of sp³-hybridized carbons (Fsp3) is 0.562. The van der Waals surface area contributed by atoms with Crippen LogP contribution in [0.3, 0.4) is 0 Å². The normalized spacial score (nSPS) is 17.1. The number of halogens is 1. The van der Waals surface area contributed by atoms with Gasteiger partial charge in [-0.05, 0) is 31.0 Å². The summed E-state index contributed by atoms with van der Waals surface area (Å²) < 4.78 is 0. The average molecular weight is 311 g/mol. The van der Waals surface area contributed by atoms with Gasteiger partial charge in [0.05, 0.1) is 12.0 Å². The van der Waals surface area contributed by atoms with E-state index in [-0.39, 0.29) is 11.8 Å². The minimum absolute atomic E-state index is 0.0958. The Kier molecular flexibility index (Phi) is 6.33. The van der Waals surface area contributed by atoms with Crippen molar-refractivity contribution in [3.63, 3.8) is 0 Å². The van der Waals surface area contributed by atoms with Gasteiger partial charge in [-0.2, -0.15) is 0 Å². The number of carbonyl (C=O) groups is 1. The summed E-state index contributed by atoms with van der Waals surface area (Å²) in [5.41, 5.74) is 1.53. The van der Waals surface area contributed by atoms with Gasteiger partial charge in [-0.25, -0.2) is 0 Å². The second kappa shape index (κ2) is 8.25. The minimum Gasteiger partial charge on any atom is -0.390 e. The molecule has 0 aliphatic carbocycles. The van der Waals surface area contributed by atoms with E-state index in [1.807, 2.05) is 29.2 Å². The first-order valence-electron chi connectivity index (χ1n) is 7.58. The number of nitrogens with one attached hydrogen (secondary N) is 1. The number of aliphatic hydroxyl groups excluding tert-OH is 1. The number of aliphatic hydroxyl groups is 1. The summed E-state index contributed by atoms with van der Waals surface area (Å²) >= 11 is 5.57. The predicted molar refractivity (Wildman–Crippen MR) is 86.0 cm³/mol. The highest BCUT2D eigenvalue weighted by molar-refractivity contribution is 6.18. The Bertz CT molecular complexity index is 459. The van der Waals surface area contributed by atoms with Crippen LogP contribution < -0.4 is 5.32 Å². The molecule has 1 aliphatic rings. The fourth-order valence-corrected chi connectivity index (χ4v) is 2.62. The largest absolute Gasteiger partial charge is 0.390 e. The van der Waals surface area contributed by atoms with Crippen LogP contribution in [0.2, 0.25) is 0 Å². The van der Waals surface area contributed by atoms with Crippen molar-refractivity contribution in [1.29, 1.82) is 0 Å². The Hall–Kier alpha value is -1.26. The van der Waals surface area contributed by atoms with E-state index in [2.05, 4.69) is 5.32 Å². The van der Waals surface area contributed by atoms with Gasteiger partial charge in [0, 0.05) is 30.9 Å². The van der Waals surface area contributed by atoms with Gasteiger partial charge in [0.2, 0.25) is 0 Å². The molecular formula is C16H23ClN2O2. The molecule has 2 N–H and O–H groups in total. The molecule has 1 fully saturated rings. The molecular weight excluding hydrogens is 288 g/mol. The molecule has 1 aromatic carbocycles. The molecule has 21 heavy (non-hydrogen) atoms. The topological polar surface area (TPSA) is 52.6 Å². The lowest BCUT2D eigenvalue weighted by atomic mass is 10.1. The molecule has 1 saturated heterocycles. The second-order valence-electron chi connectivity index (χ2n) is 5.48. The lowest BCUT2D eigenvalue weighted by Crippen LogP contribution is -2.31. The van der Waals surface area contributed by atoms with Crippen LogP contribution in [0.4, 0.5) is 5.69 Å². The summed E-state index contributed by atoms with van der Waals surface area (Å²) in [5.74, 6) is 0.290. The van der Waals surface area contributed by atoms with E-state index in [0.717, 1.165) is 31.6 Å². The number of benzene rings is 1. The van der Waals surface area contributed by atoms with E-state index in [4.69, 9.17) is 11.6 Å². The molecule has 0 saturated carbocycles. The van der Waals surface area contributed by atoms with E-state index in [1.165, 1.54) is 12.8 Å². The monoisotopic (exact) mass is 310 g/mol. The van der Waals surface area contributed by atoms with E-state index in [0.29, 0.717) is 12.1 Å². The maximum Gasteiger partial charge on any atom is 0.253 e. The molecule has 0 spiro atoms. The van der Waals surface area contributed by atoms with Crippen LogP contribution in [0.25, 0.3) is 0 Å². The summed E-state index contributed by atoms with van der Waals surface area (Å²) in [6.07, 6.45) is 4.01. The highest BCUT2D eigenvalue weighted by atomic mass is 35.5. The number of carbonyl (C=O) groups excluding carboxylic acids is 1. The Morgan fingerprint density at radius 2 is 2.00 bits per heavy atom.